The summed E-state index contributed by atoms with van der Waals surface area (Å²) in [5.74, 6) is 2.55. The van der Waals surface area contributed by atoms with Crippen molar-refractivity contribution >= 4 is 5.78 Å². The van der Waals surface area contributed by atoms with Gasteiger partial charge in [-0.3, -0.25) is 4.79 Å². The van der Waals surface area contributed by atoms with Crippen LogP contribution in [0.15, 0.2) is 0 Å². The molecule has 0 aliphatic heterocycles. The number of hydrogen-bond donors (Lipinski definition) is 0. The molecule has 3 saturated carbocycles. The fraction of sp³-hybridized carbons (Fsp3) is 0.917. The van der Waals surface area contributed by atoms with Crippen LogP contribution in [0.25, 0.3) is 0 Å². The monoisotopic (exact) mass is 178 g/mol. The molecule has 0 aromatic rings. The molecule has 3 fully saturated rings. The molecule has 0 amide bonds. The Labute approximate surface area is 79.9 Å². The predicted octanol–water partition coefficient (Wildman–Crippen LogP) is 2.94. The first-order chi connectivity index (χ1) is 6.27. The molecule has 1 nitrogen and oxygen atoms in total. The average molecular weight is 178 g/mol. The van der Waals surface area contributed by atoms with Crippen molar-refractivity contribution < 1.29 is 4.79 Å². The highest BCUT2D eigenvalue weighted by molar-refractivity contribution is 5.81. The number of carbonyl (C=O) groups excluding carboxylic acids is 1. The molecule has 0 unspecified atom stereocenters. The lowest BCUT2D eigenvalue weighted by Crippen LogP contribution is -2.13. The van der Waals surface area contributed by atoms with Crippen LogP contribution in [0.3, 0.4) is 0 Å². The molecule has 3 aliphatic carbocycles. The Hall–Kier alpha value is -0.330. The summed E-state index contributed by atoms with van der Waals surface area (Å²) >= 11 is 0. The second-order valence-electron chi connectivity index (χ2n) is 5.57. The van der Waals surface area contributed by atoms with Gasteiger partial charge in [-0.15, -0.1) is 0 Å². The van der Waals surface area contributed by atoms with Crippen LogP contribution in [0, 0.1) is 17.3 Å². The maximum atomic E-state index is 11.3. The van der Waals surface area contributed by atoms with Crippen LogP contribution < -0.4 is 0 Å². The van der Waals surface area contributed by atoms with Crippen LogP contribution >= 0.6 is 0 Å². The van der Waals surface area contributed by atoms with Gasteiger partial charge in [0.25, 0.3) is 0 Å². The molecule has 2 atom stereocenters. The van der Waals surface area contributed by atoms with Crippen LogP contribution in [0.2, 0.25) is 0 Å². The molecule has 0 saturated heterocycles. The smallest absolute Gasteiger partial charge is 0.133 e. The first-order valence-corrected chi connectivity index (χ1v) is 5.79. The number of Topliss-reactive ketones (excluding diaryl/α,β-unsaturated/α-hetero) is 1. The molecule has 0 radical (unpaired) electrons. The fourth-order valence-corrected chi connectivity index (χ4v) is 4.19. The van der Waals surface area contributed by atoms with Crippen molar-refractivity contribution in [3.63, 3.8) is 0 Å². The van der Waals surface area contributed by atoms with Crippen molar-refractivity contribution in [1.82, 2.24) is 0 Å². The molecule has 72 valence electrons. The number of rotatable bonds is 0. The normalized spacial score (nSPS) is 41.7. The van der Waals surface area contributed by atoms with E-state index < -0.39 is 0 Å². The van der Waals surface area contributed by atoms with Crippen molar-refractivity contribution in [3.8, 4) is 0 Å². The summed E-state index contributed by atoms with van der Waals surface area (Å²) in [4.78, 5) is 11.3. The van der Waals surface area contributed by atoms with E-state index in [0.29, 0.717) is 11.2 Å². The van der Waals surface area contributed by atoms with Gasteiger partial charge in [-0.25, -0.2) is 0 Å². The minimum atomic E-state index is 0.507. The molecule has 1 spiro atoms. The van der Waals surface area contributed by atoms with Gasteiger partial charge in [-0.2, -0.15) is 0 Å². The molecule has 0 aromatic carbocycles. The molecule has 0 heterocycles. The lowest BCUT2D eigenvalue weighted by Gasteiger charge is -2.22. The van der Waals surface area contributed by atoms with Crippen molar-refractivity contribution in [3.05, 3.63) is 0 Å². The van der Waals surface area contributed by atoms with Gasteiger partial charge in [0.05, 0.1) is 0 Å². The van der Waals surface area contributed by atoms with E-state index in [4.69, 9.17) is 0 Å². The summed E-state index contributed by atoms with van der Waals surface area (Å²) in [5, 5.41) is 0. The van der Waals surface area contributed by atoms with Gasteiger partial charge in [-0.05, 0) is 36.5 Å². The van der Waals surface area contributed by atoms with Gasteiger partial charge < -0.3 is 0 Å². The topological polar surface area (TPSA) is 17.1 Å². The van der Waals surface area contributed by atoms with E-state index in [2.05, 4.69) is 0 Å². The van der Waals surface area contributed by atoms with E-state index in [1.54, 1.807) is 0 Å². The van der Waals surface area contributed by atoms with Crippen molar-refractivity contribution in [1.29, 1.82) is 0 Å². The highest BCUT2D eigenvalue weighted by Gasteiger charge is 2.49. The number of carbonyl (C=O) groups is 1. The minimum Gasteiger partial charge on any atom is -0.300 e. The summed E-state index contributed by atoms with van der Waals surface area (Å²) in [5.41, 5.74) is 0.507. The Morgan fingerprint density at radius 2 is 1.85 bits per heavy atom. The molecule has 0 N–H and O–H groups in total. The summed E-state index contributed by atoms with van der Waals surface area (Å²) < 4.78 is 0. The zero-order valence-corrected chi connectivity index (χ0v) is 8.22. The molecule has 3 rings (SSSR count). The molecule has 0 bridgehead atoms. The molecular weight excluding hydrogens is 160 g/mol. The van der Waals surface area contributed by atoms with Gasteiger partial charge in [0.2, 0.25) is 0 Å². The summed E-state index contributed by atoms with van der Waals surface area (Å²) in [7, 11) is 0. The minimum absolute atomic E-state index is 0.507. The zero-order valence-electron chi connectivity index (χ0n) is 8.22. The van der Waals surface area contributed by atoms with Gasteiger partial charge in [0.1, 0.15) is 5.78 Å². The van der Waals surface area contributed by atoms with Gasteiger partial charge >= 0.3 is 0 Å². The third-order valence-corrected chi connectivity index (χ3v) is 4.71. The van der Waals surface area contributed by atoms with Crippen molar-refractivity contribution in [2.45, 2.75) is 51.4 Å². The SMILES string of the molecule is O=C1CCC2(C1)C[C@H]1CCC[C@@H]1C2. The largest absolute Gasteiger partial charge is 0.300 e. The first-order valence-electron chi connectivity index (χ1n) is 5.79. The summed E-state index contributed by atoms with van der Waals surface area (Å²) in [6, 6.07) is 0. The number of fused-ring (bicyclic) bond motifs is 1. The average Bonchev–Trinajstić information content (AvgIpc) is 2.67. The Morgan fingerprint density at radius 3 is 2.38 bits per heavy atom. The summed E-state index contributed by atoms with van der Waals surface area (Å²) in [6.07, 6.45) is 10.2. The first kappa shape index (κ1) is 8.02. The van der Waals surface area contributed by atoms with Crippen molar-refractivity contribution in [2.75, 3.05) is 0 Å². The van der Waals surface area contributed by atoms with Gasteiger partial charge in [-0.1, -0.05) is 19.3 Å². The van der Waals surface area contributed by atoms with Gasteiger partial charge in [0, 0.05) is 12.8 Å². The van der Waals surface area contributed by atoms with Crippen LogP contribution in [-0.2, 0) is 4.79 Å². The Kier molecular flexibility index (Phi) is 1.59. The highest BCUT2D eigenvalue weighted by atomic mass is 16.1. The van der Waals surface area contributed by atoms with Crippen LogP contribution in [0.1, 0.15) is 51.4 Å². The molecule has 3 aliphatic rings. The van der Waals surface area contributed by atoms with Crippen LogP contribution in [0.5, 0.6) is 0 Å². The Morgan fingerprint density at radius 1 is 1.15 bits per heavy atom. The highest BCUT2D eigenvalue weighted by Crippen LogP contribution is 2.58. The van der Waals surface area contributed by atoms with Crippen LogP contribution in [-0.4, -0.2) is 5.78 Å². The third-order valence-electron chi connectivity index (χ3n) is 4.71. The lowest BCUT2D eigenvalue weighted by molar-refractivity contribution is -0.118. The lowest BCUT2D eigenvalue weighted by atomic mass is 9.82. The molecular formula is C12H18O. The predicted molar refractivity (Wildman–Crippen MR) is 51.4 cm³/mol. The van der Waals surface area contributed by atoms with Gasteiger partial charge in [0.15, 0.2) is 0 Å². The number of ketones is 1. The quantitative estimate of drug-likeness (QED) is 0.557. The Bertz CT molecular complexity index is 232. The molecule has 13 heavy (non-hydrogen) atoms. The molecule has 1 heteroatoms. The van der Waals surface area contributed by atoms with E-state index in [1.807, 2.05) is 0 Å². The fourth-order valence-electron chi connectivity index (χ4n) is 4.19. The molecule has 0 aromatic heterocycles. The maximum Gasteiger partial charge on any atom is 0.133 e. The number of hydrogen-bond acceptors (Lipinski definition) is 1. The van der Waals surface area contributed by atoms with Crippen LogP contribution in [0.4, 0.5) is 0 Å². The second kappa shape index (κ2) is 2.59. The van der Waals surface area contributed by atoms with E-state index >= 15 is 0 Å². The van der Waals surface area contributed by atoms with E-state index in [-0.39, 0.29) is 0 Å². The van der Waals surface area contributed by atoms with E-state index in [1.165, 1.54) is 38.5 Å². The third kappa shape index (κ3) is 1.16. The van der Waals surface area contributed by atoms with E-state index in [0.717, 1.165) is 24.7 Å². The maximum absolute atomic E-state index is 11.3. The zero-order chi connectivity index (χ0) is 8.89. The standard InChI is InChI=1S/C12H18O/c13-11-4-5-12(8-11)6-9-2-1-3-10(9)7-12/h9-10H,1-8H2/t9-,10-/m1/s1. The Balaban J connectivity index is 1.78. The van der Waals surface area contributed by atoms with E-state index in [9.17, 15) is 4.79 Å². The summed E-state index contributed by atoms with van der Waals surface area (Å²) in [6.45, 7) is 0. The van der Waals surface area contributed by atoms with Crippen molar-refractivity contribution in [2.24, 2.45) is 17.3 Å². The second-order valence-corrected chi connectivity index (χ2v) is 5.57.